The number of hydrogen-bond acceptors (Lipinski definition) is 7. The first-order valence-corrected chi connectivity index (χ1v) is 11.8. The van der Waals surface area contributed by atoms with Crippen molar-refractivity contribution in [1.82, 2.24) is 15.1 Å². The zero-order chi connectivity index (χ0) is 23.6. The fraction of sp³-hybridized carbons (Fsp3) is 0.870. The molecule has 1 fully saturated rings. The Morgan fingerprint density at radius 2 is 1.66 bits per heavy atom. The largest absolute Gasteiger partial charge is 0.385 e. The highest BCUT2D eigenvalue weighted by Crippen LogP contribution is 2.08. The highest BCUT2D eigenvalue weighted by atomic mass is 16.5. The van der Waals surface area contributed by atoms with E-state index in [0.717, 1.165) is 32.5 Å². The molecular formula is C23H43N3O6. The third-order valence-electron chi connectivity index (χ3n) is 5.57. The predicted octanol–water partition coefficient (Wildman–Crippen LogP) is 1.10. The number of amides is 2. The van der Waals surface area contributed by atoms with Crippen molar-refractivity contribution in [2.45, 2.75) is 45.4 Å². The number of methoxy groups -OCH3 is 2. The van der Waals surface area contributed by atoms with E-state index in [9.17, 15) is 14.4 Å². The Hall–Kier alpha value is -1.55. The van der Waals surface area contributed by atoms with E-state index in [1.165, 1.54) is 0 Å². The molecular weight excluding hydrogens is 414 g/mol. The van der Waals surface area contributed by atoms with E-state index in [2.05, 4.69) is 10.2 Å². The van der Waals surface area contributed by atoms with Gasteiger partial charge in [0.15, 0.2) is 0 Å². The number of rotatable bonds is 18. The van der Waals surface area contributed by atoms with Gasteiger partial charge in [0, 0.05) is 91.9 Å². The lowest BCUT2D eigenvalue weighted by Crippen LogP contribution is -2.49. The molecule has 0 radical (unpaired) electrons. The molecule has 0 saturated carbocycles. The summed E-state index contributed by atoms with van der Waals surface area (Å²) in [4.78, 5) is 39.5. The number of carbonyl (C=O) groups excluding carboxylic acids is 3. The number of hydrogen-bond donors (Lipinski definition) is 1. The van der Waals surface area contributed by atoms with E-state index in [0.29, 0.717) is 77.7 Å². The Morgan fingerprint density at radius 1 is 0.906 bits per heavy atom. The summed E-state index contributed by atoms with van der Waals surface area (Å²) in [5.74, 6) is 0.597. The summed E-state index contributed by atoms with van der Waals surface area (Å²) in [5, 5.41) is 2.89. The number of ether oxygens (including phenoxy) is 3. The molecule has 1 saturated heterocycles. The third-order valence-corrected chi connectivity index (χ3v) is 5.57. The smallest absolute Gasteiger partial charge is 0.222 e. The molecule has 9 heteroatoms. The molecule has 1 aliphatic rings. The Kier molecular flexibility index (Phi) is 16.0. The summed E-state index contributed by atoms with van der Waals surface area (Å²) in [6.07, 6.45) is 3.53. The summed E-state index contributed by atoms with van der Waals surface area (Å²) < 4.78 is 16.0. The van der Waals surface area contributed by atoms with Gasteiger partial charge in [-0.2, -0.15) is 0 Å². The molecule has 0 aliphatic carbocycles. The van der Waals surface area contributed by atoms with Crippen molar-refractivity contribution in [1.29, 1.82) is 0 Å². The molecule has 32 heavy (non-hydrogen) atoms. The topological polar surface area (TPSA) is 97.4 Å². The van der Waals surface area contributed by atoms with Crippen molar-refractivity contribution in [3.05, 3.63) is 0 Å². The van der Waals surface area contributed by atoms with Crippen LogP contribution in [0.1, 0.15) is 45.4 Å². The molecule has 1 atom stereocenters. The summed E-state index contributed by atoms with van der Waals surface area (Å²) >= 11 is 0. The lowest BCUT2D eigenvalue weighted by atomic mass is 10.1. The van der Waals surface area contributed by atoms with Crippen LogP contribution in [-0.4, -0.2) is 107 Å². The van der Waals surface area contributed by atoms with Gasteiger partial charge in [-0.15, -0.1) is 0 Å². The number of ketones is 1. The molecule has 0 aromatic heterocycles. The van der Waals surface area contributed by atoms with Crippen LogP contribution in [0.25, 0.3) is 0 Å². The summed E-state index contributed by atoms with van der Waals surface area (Å²) in [5.41, 5.74) is 0. The van der Waals surface area contributed by atoms with Gasteiger partial charge in [0.25, 0.3) is 0 Å². The fourth-order valence-electron chi connectivity index (χ4n) is 3.57. The number of carbonyl (C=O) groups is 3. The van der Waals surface area contributed by atoms with E-state index in [1.54, 1.807) is 21.1 Å². The van der Waals surface area contributed by atoms with Gasteiger partial charge in [-0.1, -0.05) is 0 Å². The van der Waals surface area contributed by atoms with Gasteiger partial charge in [0.05, 0.1) is 13.2 Å². The van der Waals surface area contributed by atoms with Gasteiger partial charge in [-0.25, -0.2) is 0 Å². The van der Waals surface area contributed by atoms with Gasteiger partial charge in [-0.3, -0.25) is 19.3 Å². The van der Waals surface area contributed by atoms with Crippen LogP contribution in [0.5, 0.6) is 0 Å². The third kappa shape index (κ3) is 13.8. The van der Waals surface area contributed by atoms with Crippen molar-refractivity contribution >= 4 is 17.6 Å². The molecule has 1 N–H and O–H groups in total. The SMILES string of the molecule is COCCC(COC)COCCCNC(=O)CCCC(=O)N1CCN(CCC(C)=O)CC1. The maximum Gasteiger partial charge on any atom is 0.222 e. The Bertz CT molecular complexity index is 538. The minimum Gasteiger partial charge on any atom is -0.385 e. The predicted molar refractivity (Wildman–Crippen MR) is 122 cm³/mol. The van der Waals surface area contributed by atoms with Crippen LogP contribution in [0.4, 0.5) is 0 Å². The molecule has 0 aromatic carbocycles. The van der Waals surface area contributed by atoms with Gasteiger partial charge in [0.2, 0.25) is 11.8 Å². The van der Waals surface area contributed by atoms with E-state index >= 15 is 0 Å². The molecule has 0 bridgehead atoms. The van der Waals surface area contributed by atoms with Gasteiger partial charge in [-0.05, 0) is 26.2 Å². The van der Waals surface area contributed by atoms with Crippen molar-refractivity contribution in [3.63, 3.8) is 0 Å². The van der Waals surface area contributed by atoms with Gasteiger partial charge < -0.3 is 24.4 Å². The van der Waals surface area contributed by atoms with E-state index in [1.807, 2.05) is 4.90 Å². The monoisotopic (exact) mass is 457 g/mol. The molecule has 1 heterocycles. The van der Waals surface area contributed by atoms with Crippen molar-refractivity contribution in [2.24, 2.45) is 5.92 Å². The van der Waals surface area contributed by atoms with Crippen molar-refractivity contribution < 1.29 is 28.6 Å². The lowest BCUT2D eigenvalue weighted by Gasteiger charge is -2.34. The number of piperazine rings is 1. The number of nitrogens with one attached hydrogen (secondary N) is 1. The standard InChI is InChI=1S/C23H43N3O6/c1-20(27)8-11-25-12-14-26(15-13-25)23(29)7-4-6-22(28)24-10-5-16-32-19-21(18-31-3)9-17-30-2/h21H,4-19H2,1-3H3,(H,24,28). The van der Waals surface area contributed by atoms with Crippen LogP contribution in [-0.2, 0) is 28.6 Å². The first kappa shape index (κ1) is 28.5. The van der Waals surface area contributed by atoms with Crippen molar-refractivity contribution in [2.75, 3.05) is 79.9 Å². The zero-order valence-electron chi connectivity index (χ0n) is 20.2. The average Bonchev–Trinajstić information content (AvgIpc) is 2.78. The molecule has 1 unspecified atom stereocenters. The Morgan fingerprint density at radius 3 is 2.31 bits per heavy atom. The van der Waals surface area contributed by atoms with Crippen LogP contribution in [0.15, 0.2) is 0 Å². The van der Waals surface area contributed by atoms with Crippen LogP contribution in [0.3, 0.4) is 0 Å². The quantitative estimate of drug-likeness (QED) is 0.308. The molecule has 9 nitrogen and oxygen atoms in total. The zero-order valence-corrected chi connectivity index (χ0v) is 20.2. The second kappa shape index (κ2) is 17.9. The highest BCUT2D eigenvalue weighted by Gasteiger charge is 2.20. The van der Waals surface area contributed by atoms with Gasteiger partial charge >= 0.3 is 0 Å². The second-order valence-electron chi connectivity index (χ2n) is 8.41. The average molecular weight is 458 g/mol. The maximum absolute atomic E-state index is 12.3. The van der Waals surface area contributed by atoms with Crippen LogP contribution < -0.4 is 5.32 Å². The number of nitrogens with zero attached hydrogens (tertiary/aromatic N) is 2. The molecule has 0 aromatic rings. The maximum atomic E-state index is 12.3. The summed E-state index contributed by atoms with van der Waals surface area (Å²) in [7, 11) is 3.37. The number of Topliss-reactive ketones (excluding diaryl/α,β-unsaturated/α-hetero) is 1. The first-order chi connectivity index (χ1) is 15.5. The van der Waals surface area contributed by atoms with Crippen molar-refractivity contribution in [3.8, 4) is 0 Å². The first-order valence-electron chi connectivity index (χ1n) is 11.8. The lowest BCUT2D eigenvalue weighted by molar-refractivity contribution is -0.133. The van der Waals surface area contributed by atoms with E-state index < -0.39 is 0 Å². The fourth-order valence-corrected chi connectivity index (χ4v) is 3.57. The van der Waals surface area contributed by atoms with E-state index in [4.69, 9.17) is 14.2 Å². The van der Waals surface area contributed by atoms with E-state index in [-0.39, 0.29) is 17.6 Å². The normalized spacial score (nSPS) is 15.5. The molecule has 1 rings (SSSR count). The summed E-state index contributed by atoms with van der Waals surface area (Å²) in [6, 6.07) is 0. The minimum absolute atomic E-state index is 0.0239. The highest BCUT2D eigenvalue weighted by molar-refractivity contribution is 5.79. The second-order valence-corrected chi connectivity index (χ2v) is 8.41. The van der Waals surface area contributed by atoms with Crippen LogP contribution in [0.2, 0.25) is 0 Å². The van der Waals surface area contributed by atoms with Gasteiger partial charge in [0.1, 0.15) is 5.78 Å². The van der Waals surface area contributed by atoms with Crippen LogP contribution in [0, 0.1) is 5.92 Å². The molecule has 2 amide bonds. The van der Waals surface area contributed by atoms with Crippen LogP contribution >= 0.6 is 0 Å². The molecule has 1 aliphatic heterocycles. The Balaban J connectivity index is 2.03. The Labute approximate surface area is 193 Å². The molecule has 186 valence electrons. The minimum atomic E-state index is -0.0239. The summed E-state index contributed by atoms with van der Waals surface area (Å²) in [6.45, 7) is 8.49. The molecule has 0 spiro atoms.